The summed E-state index contributed by atoms with van der Waals surface area (Å²) in [6, 6.07) is 16.2. The first-order chi connectivity index (χ1) is 14.6. The van der Waals surface area contributed by atoms with Crippen molar-refractivity contribution in [1.29, 1.82) is 0 Å². The third-order valence-electron chi connectivity index (χ3n) is 6.70. The van der Waals surface area contributed by atoms with Gasteiger partial charge in [-0.05, 0) is 47.9 Å². The topological polar surface area (TPSA) is 66.8 Å². The Morgan fingerprint density at radius 2 is 1.57 bits per heavy atom. The molecule has 1 fully saturated rings. The zero-order chi connectivity index (χ0) is 21.1. The van der Waals surface area contributed by atoms with Gasteiger partial charge in [0.15, 0.2) is 0 Å². The Hall–Kier alpha value is -2.82. The van der Waals surface area contributed by atoms with Gasteiger partial charge in [-0.15, -0.1) is 0 Å². The van der Waals surface area contributed by atoms with E-state index >= 15 is 0 Å². The summed E-state index contributed by atoms with van der Waals surface area (Å²) < 4.78 is 5.74. The van der Waals surface area contributed by atoms with Crippen LogP contribution in [-0.2, 0) is 9.53 Å². The molecule has 0 aromatic heterocycles. The highest BCUT2D eigenvalue weighted by atomic mass is 16.6. The van der Waals surface area contributed by atoms with Gasteiger partial charge in [0.05, 0.1) is 0 Å². The van der Waals surface area contributed by atoms with Crippen molar-refractivity contribution in [2.45, 2.75) is 51.0 Å². The number of hydrogen-bond donors (Lipinski definition) is 1. The quantitative estimate of drug-likeness (QED) is 0.706. The smallest absolute Gasteiger partial charge is 0.410 e. The van der Waals surface area contributed by atoms with Gasteiger partial charge in [0.1, 0.15) is 13.2 Å². The van der Waals surface area contributed by atoms with Gasteiger partial charge in [0.2, 0.25) is 0 Å². The first-order valence-electron chi connectivity index (χ1n) is 10.9. The summed E-state index contributed by atoms with van der Waals surface area (Å²) in [6.07, 6.45) is 5.04. The van der Waals surface area contributed by atoms with Crippen LogP contribution in [0, 0.1) is 5.92 Å². The predicted octanol–water partition coefficient (Wildman–Crippen LogP) is 5.29. The number of rotatable bonds is 6. The molecule has 0 spiro atoms. The molecule has 2 aliphatic carbocycles. The lowest BCUT2D eigenvalue weighted by molar-refractivity contribution is -0.138. The monoisotopic (exact) mass is 407 g/mol. The fraction of sp³-hybridized carbons (Fsp3) is 0.440. The van der Waals surface area contributed by atoms with Gasteiger partial charge < -0.3 is 9.84 Å². The molecule has 1 unspecified atom stereocenters. The van der Waals surface area contributed by atoms with Crippen molar-refractivity contribution in [2.75, 3.05) is 13.2 Å². The van der Waals surface area contributed by atoms with Crippen molar-refractivity contribution in [3.05, 3.63) is 59.7 Å². The van der Waals surface area contributed by atoms with Gasteiger partial charge in [-0.2, -0.15) is 0 Å². The van der Waals surface area contributed by atoms with Crippen LogP contribution in [0.4, 0.5) is 4.79 Å². The fourth-order valence-corrected chi connectivity index (χ4v) is 5.07. The van der Waals surface area contributed by atoms with Crippen LogP contribution in [0.2, 0.25) is 0 Å². The number of aliphatic carboxylic acids is 1. The van der Waals surface area contributed by atoms with Crippen molar-refractivity contribution in [1.82, 2.24) is 4.90 Å². The van der Waals surface area contributed by atoms with Crippen molar-refractivity contribution in [3.63, 3.8) is 0 Å². The molecular formula is C25H29NO4. The van der Waals surface area contributed by atoms with Crippen LogP contribution in [0.15, 0.2) is 48.5 Å². The first-order valence-corrected chi connectivity index (χ1v) is 10.9. The minimum absolute atomic E-state index is 0.0296. The van der Waals surface area contributed by atoms with Crippen LogP contribution in [-0.4, -0.2) is 41.3 Å². The van der Waals surface area contributed by atoms with Crippen molar-refractivity contribution < 1.29 is 19.4 Å². The molecule has 5 heteroatoms. The summed E-state index contributed by atoms with van der Waals surface area (Å²) in [5.41, 5.74) is 4.65. The highest BCUT2D eigenvalue weighted by Gasteiger charge is 2.33. The van der Waals surface area contributed by atoms with Crippen LogP contribution in [0.5, 0.6) is 0 Å². The molecule has 5 nitrogen and oxygen atoms in total. The lowest BCUT2D eigenvalue weighted by atomic mass is 9.84. The van der Waals surface area contributed by atoms with E-state index < -0.39 is 12.1 Å². The van der Waals surface area contributed by atoms with E-state index in [-0.39, 0.29) is 25.1 Å². The van der Waals surface area contributed by atoms with Gasteiger partial charge in [-0.25, -0.2) is 4.79 Å². The molecule has 1 N–H and O–H groups in total. The number of ether oxygens (including phenoxy) is 1. The van der Waals surface area contributed by atoms with Crippen LogP contribution in [0.3, 0.4) is 0 Å². The minimum Gasteiger partial charge on any atom is -0.480 e. The van der Waals surface area contributed by atoms with E-state index in [1.54, 1.807) is 0 Å². The number of nitrogens with zero attached hydrogens (tertiary/aromatic N) is 1. The third-order valence-corrected chi connectivity index (χ3v) is 6.70. The van der Waals surface area contributed by atoms with E-state index in [9.17, 15) is 14.7 Å². The normalized spacial score (nSPS) is 17.1. The van der Waals surface area contributed by atoms with Crippen molar-refractivity contribution >= 4 is 12.1 Å². The number of carboxylic acids is 1. The number of carbonyl (C=O) groups excluding carboxylic acids is 1. The Bertz CT molecular complexity index is 873. The van der Waals surface area contributed by atoms with Gasteiger partial charge >= 0.3 is 12.1 Å². The second kappa shape index (κ2) is 8.90. The molecule has 0 saturated heterocycles. The summed E-state index contributed by atoms with van der Waals surface area (Å²) in [5.74, 6) is -0.706. The van der Waals surface area contributed by atoms with Crippen LogP contribution < -0.4 is 0 Å². The molecule has 1 saturated carbocycles. The summed E-state index contributed by atoms with van der Waals surface area (Å²) in [5, 5.41) is 9.37. The Kier molecular flexibility index (Phi) is 6.07. The largest absolute Gasteiger partial charge is 0.480 e. The number of benzene rings is 2. The molecule has 4 rings (SSSR count). The fourth-order valence-electron chi connectivity index (χ4n) is 5.07. The van der Waals surface area contributed by atoms with Crippen LogP contribution >= 0.6 is 0 Å². The molecule has 0 bridgehead atoms. The lowest BCUT2D eigenvalue weighted by Crippen LogP contribution is -2.46. The average Bonchev–Trinajstić information content (AvgIpc) is 3.09. The van der Waals surface area contributed by atoms with Crippen molar-refractivity contribution in [2.24, 2.45) is 5.92 Å². The van der Waals surface area contributed by atoms with Crippen LogP contribution in [0.1, 0.15) is 56.1 Å². The highest BCUT2D eigenvalue weighted by molar-refractivity contribution is 5.79. The molecule has 30 heavy (non-hydrogen) atoms. The Morgan fingerprint density at radius 1 is 1.00 bits per heavy atom. The molecule has 0 radical (unpaired) electrons. The van der Waals surface area contributed by atoms with Gasteiger partial charge in [-0.3, -0.25) is 9.69 Å². The average molecular weight is 408 g/mol. The van der Waals surface area contributed by atoms with E-state index in [0.29, 0.717) is 5.92 Å². The minimum atomic E-state index is -1.01. The summed E-state index contributed by atoms with van der Waals surface area (Å²) in [6.45, 7) is 1.84. The van der Waals surface area contributed by atoms with Gasteiger partial charge in [0.25, 0.3) is 0 Å². The molecule has 158 valence electrons. The Balaban J connectivity index is 1.50. The lowest BCUT2D eigenvalue weighted by Gasteiger charge is -2.35. The summed E-state index contributed by atoms with van der Waals surface area (Å²) >= 11 is 0. The maximum absolute atomic E-state index is 13.0. The standard InChI is InChI=1S/C25H29NO4/c1-17(18-9-3-2-4-10-18)26(15-24(27)28)25(29)30-16-23-21-13-7-5-11-19(21)20-12-6-8-14-22(20)23/h5-8,11-14,17-18,23H,2-4,9-10,15-16H2,1H3,(H,27,28). The summed E-state index contributed by atoms with van der Waals surface area (Å²) in [7, 11) is 0. The number of fused-ring (bicyclic) bond motifs is 3. The zero-order valence-corrected chi connectivity index (χ0v) is 17.4. The maximum Gasteiger partial charge on any atom is 0.410 e. The van der Waals surface area contributed by atoms with E-state index in [1.807, 2.05) is 31.2 Å². The number of carboxylic acid groups (broad SMARTS) is 1. The SMILES string of the molecule is CC(C1CCCCC1)N(CC(=O)O)C(=O)OCC1c2ccccc2-c2ccccc21. The van der Waals surface area contributed by atoms with E-state index in [1.165, 1.54) is 22.4 Å². The van der Waals surface area contributed by atoms with E-state index in [0.717, 1.165) is 36.8 Å². The van der Waals surface area contributed by atoms with Crippen molar-refractivity contribution in [3.8, 4) is 11.1 Å². The maximum atomic E-state index is 13.0. The molecule has 0 aliphatic heterocycles. The number of hydrogen-bond acceptors (Lipinski definition) is 3. The van der Waals surface area contributed by atoms with E-state index in [2.05, 4.69) is 24.3 Å². The molecule has 0 heterocycles. The molecule has 1 atom stereocenters. The third kappa shape index (κ3) is 4.07. The molecule has 1 amide bonds. The van der Waals surface area contributed by atoms with Gasteiger partial charge in [0, 0.05) is 12.0 Å². The second-order valence-electron chi connectivity index (χ2n) is 8.46. The van der Waals surface area contributed by atoms with Crippen LogP contribution in [0.25, 0.3) is 11.1 Å². The van der Waals surface area contributed by atoms with Gasteiger partial charge in [-0.1, -0.05) is 67.8 Å². The first kappa shape index (κ1) is 20.5. The zero-order valence-electron chi connectivity index (χ0n) is 17.4. The highest BCUT2D eigenvalue weighted by Crippen LogP contribution is 2.44. The molecule has 2 aromatic carbocycles. The predicted molar refractivity (Wildman–Crippen MR) is 115 cm³/mol. The molecule has 2 aliphatic rings. The van der Waals surface area contributed by atoms with E-state index in [4.69, 9.17) is 4.74 Å². The molecule has 2 aromatic rings. The number of carbonyl (C=O) groups is 2. The number of amides is 1. The Labute approximate surface area is 177 Å². The summed E-state index contributed by atoms with van der Waals surface area (Å²) in [4.78, 5) is 25.8. The second-order valence-corrected chi connectivity index (χ2v) is 8.46. The molecular weight excluding hydrogens is 378 g/mol. The Morgan fingerprint density at radius 3 is 2.13 bits per heavy atom.